The van der Waals surface area contributed by atoms with Crippen LogP contribution in [-0.2, 0) is 14.9 Å². The van der Waals surface area contributed by atoms with E-state index in [4.69, 9.17) is 9.47 Å². The van der Waals surface area contributed by atoms with E-state index in [0.717, 1.165) is 5.75 Å². The molecular formula is C20H30N2O4. The van der Waals surface area contributed by atoms with Crippen LogP contribution in [0.4, 0.5) is 4.79 Å². The largest absolute Gasteiger partial charge is 0.494 e. The number of hydrogen-bond acceptors (Lipinski definition) is 4. The molecule has 0 aliphatic carbocycles. The number of carbonyl (C=O) groups excluding carboxylic acids is 2. The van der Waals surface area contributed by atoms with Gasteiger partial charge in [-0.3, -0.25) is 4.79 Å². The standard InChI is InChI=1S/C20H30N2O4/c1-20(2,3)16-7-9-17(10-8-16)26-15-5-6-18(23)21-11-13-22(14-12-21)19(24)25-4/h7-10H,5-6,11-15H2,1-4H3. The second-order valence-electron chi connectivity index (χ2n) is 7.56. The van der Waals surface area contributed by atoms with Crippen LogP contribution in [0.3, 0.4) is 0 Å². The average molecular weight is 362 g/mol. The molecule has 144 valence electrons. The van der Waals surface area contributed by atoms with Crippen LogP contribution in [0.5, 0.6) is 5.75 Å². The first-order chi connectivity index (χ1) is 12.3. The van der Waals surface area contributed by atoms with Gasteiger partial charge >= 0.3 is 6.09 Å². The van der Waals surface area contributed by atoms with E-state index in [0.29, 0.717) is 45.6 Å². The summed E-state index contributed by atoms with van der Waals surface area (Å²) in [6, 6.07) is 8.13. The number of carbonyl (C=O) groups is 2. The van der Waals surface area contributed by atoms with Crippen LogP contribution in [0.15, 0.2) is 24.3 Å². The molecule has 1 aromatic rings. The Hall–Kier alpha value is -2.24. The number of ether oxygens (including phenoxy) is 2. The van der Waals surface area contributed by atoms with Crippen molar-refractivity contribution in [2.75, 3.05) is 39.9 Å². The first-order valence-corrected chi connectivity index (χ1v) is 9.15. The van der Waals surface area contributed by atoms with Crippen LogP contribution in [-0.4, -0.2) is 61.7 Å². The molecule has 26 heavy (non-hydrogen) atoms. The Morgan fingerprint density at radius 1 is 1.00 bits per heavy atom. The quantitative estimate of drug-likeness (QED) is 0.756. The first kappa shape index (κ1) is 20.1. The second-order valence-corrected chi connectivity index (χ2v) is 7.56. The Morgan fingerprint density at radius 3 is 2.12 bits per heavy atom. The highest BCUT2D eigenvalue weighted by Crippen LogP contribution is 2.24. The maximum Gasteiger partial charge on any atom is 0.409 e. The SMILES string of the molecule is COC(=O)N1CCN(C(=O)CCCOc2ccc(C(C)(C)C)cc2)CC1. The lowest BCUT2D eigenvalue weighted by atomic mass is 9.87. The second kappa shape index (κ2) is 8.92. The van der Waals surface area contributed by atoms with Crippen LogP contribution in [0, 0.1) is 0 Å². The first-order valence-electron chi connectivity index (χ1n) is 9.15. The predicted molar refractivity (Wildman–Crippen MR) is 100 cm³/mol. The van der Waals surface area contributed by atoms with Crippen LogP contribution < -0.4 is 4.74 Å². The maximum absolute atomic E-state index is 12.2. The third kappa shape index (κ3) is 5.64. The highest BCUT2D eigenvalue weighted by molar-refractivity contribution is 5.76. The average Bonchev–Trinajstić information content (AvgIpc) is 2.64. The number of hydrogen-bond donors (Lipinski definition) is 0. The summed E-state index contributed by atoms with van der Waals surface area (Å²) in [5.74, 6) is 0.943. The van der Waals surface area contributed by atoms with E-state index in [1.807, 2.05) is 12.1 Å². The zero-order chi connectivity index (χ0) is 19.2. The topological polar surface area (TPSA) is 59.1 Å². The molecule has 1 saturated heterocycles. The van der Waals surface area contributed by atoms with Gasteiger partial charge in [-0.25, -0.2) is 4.79 Å². The van der Waals surface area contributed by atoms with Gasteiger partial charge in [0.15, 0.2) is 0 Å². The lowest BCUT2D eigenvalue weighted by molar-refractivity contribution is -0.133. The van der Waals surface area contributed by atoms with Crippen LogP contribution >= 0.6 is 0 Å². The van der Waals surface area contributed by atoms with E-state index in [-0.39, 0.29) is 17.4 Å². The third-order valence-electron chi connectivity index (χ3n) is 4.59. The molecule has 1 heterocycles. The van der Waals surface area contributed by atoms with Gasteiger partial charge in [-0.2, -0.15) is 0 Å². The Morgan fingerprint density at radius 2 is 1.58 bits per heavy atom. The lowest BCUT2D eigenvalue weighted by Crippen LogP contribution is -2.50. The van der Waals surface area contributed by atoms with Gasteiger partial charge in [-0.1, -0.05) is 32.9 Å². The van der Waals surface area contributed by atoms with Crippen molar-refractivity contribution in [2.24, 2.45) is 0 Å². The van der Waals surface area contributed by atoms with Crippen molar-refractivity contribution in [1.82, 2.24) is 9.80 Å². The maximum atomic E-state index is 12.2. The highest BCUT2D eigenvalue weighted by atomic mass is 16.5. The van der Waals surface area contributed by atoms with Gasteiger partial charge in [-0.15, -0.1) is 0 Å². The molecule has 1 aliphatic heterocycles. The lowest BCUT2D eigenvalue weighted by Gasteiger charge is -2.33. The Bertz CT molecular complexity index is 599. The molecular weight excluding hydrogens is 332 g/mol. The van der Waals surface area contributed by atoms with Gasteiger partial charge < -0.3 is 19.3 Å². The Kier molecular flexibility index (Phi) is 6.89. The summed E-state index contributed by atoms with van der Waals surface area (Å²) in [5, 5.41) is 0. The van der Waals surface area contributed by atoms with E-state index in [1.165, 1.54) is 12.7 Å². The van der Waals surface area contributed by atoms with E-state index >= 15 is 0 Å². The molecule has 0 saturated carbocycles. The zero-order valence-corrected chi connectivity index (χ0v) is 16.3. The zero-order valence-electron chi connectivity index (χ0n) is 16.3. The van der Waals surface area contributed by atoms with E-state index in [2.05, 4.69) is 32.9 Å². The minimum atomic E-state index is -0.331. The normalized spacial score (nSPS) is 14.9. The summed E-state index contributed by atoms with van der Waals surface area (Å²) in [6.45, 7) is 9.22. The van der Waals surface area contributed by atoms with Crippen molar-refractivity contribution >= 4 is 12.0 Å². The minimum absolute atomic E-state index is 0.112. The van der Waals surface area contributed by atoms with E-state index in [9.17, 15) is 9.59 Å². The molecule has 0 radical (unpaired) electrons. The van der Waals surface area contributed by atoms with Crippen molar-refractivity contribution in [3.63, 3.8) is 0 Å². The fourth-order valence-electron chi connectivity index (χ4n) is 2.89. The van der Waals surface area contributed by atoms with Crippen LogP contribution in [0.1, 0.15) is 39.2 Å². The fraction of sp³-hybridized carbons (Fsp3) is 0.600. The van der Waals surface area contributed by atoms with E-state index in [1.54, 1.807) is 9.80 Å². The van der Waals surface area contributed by atoms with Gasteiger partial charge in [0.05, 0.1) is 13.7 Å². The molecule has 0 atom stereocenters. The number of piperazine rings is 1. The Labute approximate surface area is 156 Å². The molecule has 2 amide bonds. The van der Waals surface area contributed by atoms with Crippen molar-refractivity contribution in [1.29, 1.82) is 0 Å². The van der Waals surface area contributed by atoms with E-state index < -0.39 is 0 Å². The fourth-order valence-corrected chi connectivity index (χ4v) is 2.89. The number of nitrogens with zero attached hydrogens (tertiary/aromatic N) is 2. The molecule has 0 aromatic heterocycles. The molecule has 1 aromatic carbocycles. The van der Waals surface area contributed by atoms with Crippen molar-refractivity contribution in [3.05, 3.63) is 29.8 Å². The molecule has 6 heteroatoms. The molecule has 6 nitrogen and oxygen atoms in total. The molecule has 0 bridgehead atoms. The molecule has 0 unspecified atom stereocenters. The van der Waals surface area contributed by atoms with Gasteiger partial charge in [0, 0.05) is 32.6 Å². The highest BCUT2D eigenvalue weighted by Gasteiger charge is 2.24. The molecule has 1 fully saturated rings. The van der Waals surface area contributed by atoms with Crippen molar-refractivity contribution < 1.29 is 19.1 Å². The van der Waals surface area contributed by atoms with Gasteiger partial charge in [0.2, 0.25) is 5.91 Å². The van der Waals surface area contributed by atoms with Gasteiger partial charge in [0.1, 0.15) is 5.75 Å². The van der Waals surface area contributed by atoms with Crippen LogP contribution in [0.2, 0.25) is 0 Å². The third-order valence-corrected chi connectivity index (χ3v) is 4.59. The number of benzene rings is 1. The summed E-state index contributed by atoms with van der Waals surface area (Å²) in [7, 11) is 1.37. The van der Waals surface area contributed by atoms with Gasteiger partial charge in [-0.05, 0) is 29.5 Å². The predicted octanol–water partition coefficient (Wildman–Crippen LogP) is 3.05. The monoisotopic (exact) mass is 362 g/mol. The molecule has 0 N–H and O–H groups in total. The van der Waals surface area contributed by atoms with Crippen molar-refractivity contribution in [3.8, 4) is 5.75 Å². The minimum Gasteiger partial charge on any atom is -0.494 e. The summed E-state index contributed by atoms with van der Waals surface area (Å²) in [4.78, 5) is 27.1. The molecule has 1 aliphatic rings. The smallest absolute Gasteiger partial charge is 0.409 e. The summed E-state index contributed by atoms with van der Waals surface area (Å²) in [6.07, 6.45) is 0.804. The number of methoxy groups -OCH3 is 1. The van der Waals surface area contributed by atoms with Gasteiger partial charge in [0.25, 0.3) is 0 Å². The summed E-state index contributed by atoms with van der Waals surface area (Å²) < 4.78 is 10.4. The number of amides is 2. The number of rotatable bonds is 5. The van der Waals surface area contributed by atoms with Crippen LogP contribution in [0.25, 0.3) is 0 Å². The Balaban J connectivity index is 1.67. The molecule has 2 rings (SSSR count). The van der Waals surface area contributed by atoms with Crippen molar-refractivity contribution in [2.45, 2.75) is 39.0 Å². The summed E-state index contributed by atoms with van der Waals surface area (Å²) >= 11 is 0. The molecule has 0 spiro atoms. The summed E-state index contributed by atoms with van der Waals surface area (Å²) in [5.41, 5.74) is 1.40.